The Labute approximate surface area is 96.4 Å². The normalized spacial score (nSPS) is 25.9. The fourth-order valence-corrected chi connectivity index (χ4v) is 1.84. The molecule has 1 aliphatic rings. The van der Waals surface area contributed by atoms with E-state index in [1.165, 1.54) is 5.53 Å². The summed E-state index contributed by atoms with van der Waals surface area (Å²) in [6.45, 7) is 8.18. The first-order valence-electron chi connectivity index (χ1n) is 5.58. The van der Waals surface area contributed by atoms with E-state index in [-0.39, 0.29) is 18.2 Å². The number of likely N-dealkylation sites (tertiary alicyclic amines) is 1. The van der Waals surface area contributed by atoms with Crippen LogP contribution in [0.3, 0.4) is 0 Å². The van der Waals surface area contributed by atoms with Gasteiger partial charge >= 0.3 is 6.09 Å². The Morgan fingerprint density at radius 1 is 1.56 bits per heavy atom. The van der Waals surface area contributed by atoms with Gasteiger partial charge in [-0.1, -0.05) is 0 Å². The van der Waals surface area contributed by atoms with Crippen LogP contribution in [0.4, 0.5) is 4.79 Å². The van der Waals surface area contributed by atoms with Gasteiger partial charge in [-0.25, -0.2) is 4.79 Å². The summed E-state index contributed by atoms with van der Waals surface area (Å²) >= 11 is 0. The Morgan fingerprint density at radius 2 is 2.19 bits per heavy atom. The number of nitrogens with zero attached hydrogens (tertiary/aromatic N) is 1. The maximum Gasteiger partial charge on any atom is 0.410 e. The lowest BCUT2D eigenvalue weighted by atomic mass is 10.2. The van der Waals surface area contributed by atoms with Gasteiger partial charge < -0.3 is 21.0 Å². The molecule has 0 aliphatic carbocycles. The predicted molar refractivity (Wildman–Crippen MR) is 60.2 cm³/mol. The van der Waals surface area contributed by atoms with E-state index < -0.39 is 5.60 Å². The Morgan fingerprint density at radius 3 is 2.69 bits per heavy atom. The van der Waals surface area contributed by atoms with Crippen LogP contribution in [0, 0.1) is 0 Å². The summed E-state index contributed by atoms with van der Waals surface area (Å²) in [6.07, 6.45) is 0.587. The van der Waals surface area contributed by atoms with Crippen molar-refractivity contribution in [3.63, 3.8) is 0 Å². The number of carbonyl (C=O) groups excluding carboxylic acids is 1. The van der Waals surface area contributed by atoms with Crippen molar-refractivity contribution < 1.29 is 15.1 Å². The predicted octanol–water partition coefficient (Wildman–Crippen LogP) is 0.419. The van der Waals surface area contributed by atoms with Crippen molar-refractivity contribution in [2.24, 2.45) is 0 Å². The zero-order chi connectivity index (χ0) is 12.3. The van der Waals surface area contributed by atoms with Gasteiger partial charge in [0.2, 0.25) is 0 Å². The van der Waals surface area contributed by atoms with Gasteiger partial charge in [0.15, 0.2) is 0 Å². The molecule has 0 aromatic carbocycles. The summed E-state index contributed by atoms with van der Waals surface area (Å²) in [4.78, 5) is 13.6. The SMILES string of the molecule is C[C@@H]1C[C@H](N[NH2+][NH-])CN1C(=O)OC(C)(C)C. The molecule has 1 rings (SSSR count). The highest BCUT2D eigenvalue weighted by Gasteiger charge is 2.35. The molecule has 0 saturated carbocycles. The van der Waals surface area contributed by atoms with Crippen molar-refractivity contribution >= 4 is 6.09 Å². The van der Waals surface area contributed by atoms with Crippen LogP contribution < -0.4 is 11.0 Å². The third-order valence-electron chi connectivity index (χ3n) is 2.52. The minimum Gasteiger partial charge on any atom is -0.450 e. The second kappa shape index (κ2) is 4.99. The summed E-state index contributed by atoms with van der Waals surface area (Å²) < 4.78 is 5.32. The van der Waals surface area contributed by atoms with Crippen molar-refractivity contribution in [1.29, 1.82) is 0 Å². The largest absolute Gasteiger partial charge is 0.450 e. The molecule has 1 fully saturated rings. The van der Waals surface area contributed by atoms with E-state index in [4.69, 9.17) is 10.6 Å². The Kier molecular flexibility index (Phi) is 4.12. The number of amides is 1. The van der Waals surface area contributed by atoms with Gasteiger partial charge in [-0.15, -0.1) is 0 Å². The molecule has 0 unspecified atom stereocenters. The maximum atomic E-state index is 11.8. The molecule has 1 saturated heterocycles. The van der Waals surface area contributed by atoms with E-state index in [0.29, 0.717) is 6.54 Å². The van der Waals surface area contributed by atoms with Crippen molar-refractivity contribution in [2.45, 2.75) is 51.8 Å². The van der Waals surface area contributed by atoms with Gasteiger partial charge in [-0.05, 0) is 34.1 Å². The minimum atomic E-state index is -0.454. The van der Waals surface area contributed by atoms with Crippen LogP contribution in [0.25, 0.3) is 5.84 Å². The minimum absolute atomic E-state index is 0.160. The van der Waals surface area contributed by atoms with Crippen LogP contribution in [0.5, 0.6) is 0 Å². The number of hydrogen-bond donors (Lipinski definition) is 2. The Balaban J connectivity index is 2.51. The van der Waals surface area contributed by atoms with Crippen LogP contribution in [-0.4, -0.2) is 35.2 Å². The second-order valence-electron chi connectivity index (χ2n) is 5.23. The lowest BCUT2D eigenvalue weighted by Crippen LogP contribution is -2.88. The number of carbonyl (C=O) groups is 1. The van der Waals surface area contributed by atoms with E-state index >= 15 is 0 Å². The molecule has 0 spiro atoms. The molecule has 0 radical (unpaired) electrons. The van der Waals surface area contributed by atoms with Crippen molar-refractivity contribution in [3.8, 4) is 0 Å². The molecule has 2 atom stereocenters. The van der Waals surface area contributed by atoms with Crippen molar-refractivity contribution in [3.05, 3.63) is 5.84 Å². The van der Waals surface area contributed by atoms with E-state index in [0.717, 1.165) is 6.42 Å². The average molecular weight is 230 g/mol. The highest BCUT2D eigenvalue weighted by Crippen LogP contribution is 2.20. The van der Waals surface area contributed by atoms with Gasteiger partial charge in [-0.2, -0.15) is 5.43 Å². The molecule has 0 aromatic rings. The smallest absolute Gasteiger partial charge is 0.410 e. The van der Waals surface area contributed by atoms with Crippen molar-refractivity contribution in [1.82, 2.24) is 10.3 Å². The first-order valence-corrected chi connectivity index (χ1v) is 5.58. The molecule has 16 heavy (non-hydrogen) atoms. The fraction of sp³-hybridized carbons (Fsp3) is 0.900. The quantitative estimate of drug-likeness (QED) is 0.533. The van der Waals surface area contributed by atoms with E-state index in [1.807, 2.05) is 27.7 Å². The Bertz CT molecular complexity index is 252. The molecule has 0 aromatic heterocycles. The molecule has 4 N–H and O–H groups in total. The first-order chi connectivity index (χ1) is 7.33. The lowest BCUT2D eigenvalue weighted by Gasteiger charge is -2.26. The van der Waals surface area contributed by atoms with E-state index in [2.05, 4.69) is 5.43 Å². The number of nitrogens with one attached hydrogen (secondary N) is 2. The molecule has 6 heteroatoms. The summed E-state index contributed by atoms with van der Waals surface area (Å²) in [7, 11) is 0. The standard InChI is InChI=1S/C10H22N4O2/c1-7-5-8(12-13-11)6-14(7)9(15)16-10(2,3)4/h7-8,11-12H,5-6,13H2,1-4H3/t7-,8+/m1/s1. The highest BCUT2D eigenvalue weighted by atomic mass is 16.6. The molecule has 1 heterocycles. The molecule has 6 nitrogen and oxygen atoms in total. The van der Waals surface area contributed by atoms with E-state index in [9.17, 15) is 4.79 Å². The number of nitrogens with two attached hydrogens (primary N) is 1. The van der Waals surface area contributed by atoms with Crippen LogP contribution >= 0.6 is 0 Å². The molecular weight excluding hydrogens is 208 g/mol. The van der Waals surface area contributed by atoms with Gasteiger partial charge in [0.25, 0.3) is 0 Å². The van der Waals surface area contributed by atoms with Gasteiger partial charge in [0.1, 0.15) is 5.60 Å². The fourth-order valence-electron chi connectivity index (χ4n) is 1.84. The third kappa shape index (κ3) is 3.62. The topological polar surface area (TPSA) is 82.0 Å². The average Bonchev–Trinajstić information content (AvgIpc) is 2.44. The van der Waals surface area contributed by atoms with Crippen molar-refractivity contribution in [2.75, 3.05) is 6.54 Å². The molecular formula is C10H22N4O2. The van der Waals surface area contributed by atoms with Gasteiger partial charge in [-0.3, -0.25) is 0 Å². The van der Waals surface area contributed by atoms with E-state index in [1.54, 1.807) is 4.90 Å². The molecule has 1 amide bonds. The van der Waals surface area contributed by atoms with Crippen LogP contribution in [0.15, 0.2) is 0 Å². The van der Waals surface area contributed by atoms with Gasteiger partial charge in [0.05, 0.1) is 6.04 Å². The Hall–Kier alpha value is -0.850. The summed E-state index contributed by atoms with van der Waals surface area (Å²) in [6, 6.07) is 0.326. The number of rotatable bonds is 2. The number of quaternary nitrogens is 1. The zero-order valence-corrected chi connectivity index (χ0v) is 10.4. The first kappa shape index (κ1) is 13.2. The summed E-state index contributed by atoms with van der Waals surface area (Å²) in [5, 5.41) is 0. The number of ether oxygens (including phenoxy) is 1. The van der Waals surface area contributed by atoms with Gasteiger partial charge in [0, 0.05) is 12.6 Å². The highest BCUT2D eigenvalue weighted by molar-refractivity contribution is 5.69. The zero-order valence-electron chi connectivity index (χ0n) is 10.4. The molecule has 0 bridgehead atoms. The summed E-state index contributed by atoms with van der Waals surface area (Å²) in [5.74, 6) is 6.98. The number of hydrogen-bond acceptors (Lipinski definition) is 3. The van der Waals surface area contributed by atoms with Crippen LogP contribution in [0.2, 0.25) is 0 Å². The van der Waals surface area contributed by atoms with Crippen LogP contribution in [-0.2, 0) is 4.74 Å². The molecule has 94 valence electrons. The second-order valence-corrected chi connectivity index (χ2v) is 5.23. The maximum absolute atomic E-state index is 11.8. The summed E-state index contributed by atoms with van der Waals surface area (Å²) in [5.41, 5.74) is 3.64. The monoisotopic (exact) mass is 230 g/mol. The van der Waals surface area contributed by atoms with Crippen LogP contribution in [0.1, 0.15) is 34.1 Å². The molecule has 1 aliphatic heterocycles. The third-order valence-corrected chi connectivity index (χ3v) is 2.52. The lowest BCUT2D eigenvalue weighted by molar-refractivity contribution is -0.655.